The Morgan fingerprint density at radius 3 is 2.60 bits per heavy atom. The van der Waals surface area contributed by atoms with Crippen LogP contribution < -0.4 is 5.56 Å². The fraction of sp³-hybridized carbons (Fsp3) is 0.478. The molecule has 2 amide bonds. The van der Waals surface area contributed by atoms with Crippen LogP contribution in [0.25, 0.3) is 11.3 Å². The van der Waals surface area contributed by atoms with Crippen molar-refractivity contribution in [1.29, 1.82) is 0 Å². The average molecular weight is 406 g/mol. The van der Waals surface area contributed by atoms with Gasteiger partial charge in [-0.1, -0.05) is 0 Å². The van der Waals surface area contributed by atoms with E-state index in [1.807, 2.05) is 20.4 Å². The van der Waals surface area contributed by atoms with E-state index in [1.54, 1.807) is 31.3 Å². The molecule has 0 unspecified atom stereocenters. The molecule has 7 nitrogen and oxygen atoms in total. The number of hydrogen-bond acceptors (Lipinski definition) is 4. The van der Waals surface area contributed by atoms with Crippen molar-refractivity contribution in [2.75, 3.05) is 26.2 Å². The van der Waals surface area contributed by atoms with Crippen LogP contribution in [0.3, 0.4) is 0 Å². The van der Waals surface area contributed by atoms with E-state index < -0.39 is 0 Å². The van der Waals surface area contributed by atoms with Crippen LogP contribution in [0, 0.1) is 5.92 Å². The molecular formula is C23H26N4O3. The predicted molar refractivity (Wildman–Crippen MR) is 112 cm³/mol. The highest BCUT2D eigenvalue weighted by Crippen LogP contribution is 2.36. The molecule has 5 rings (SSSR count). The van der Waals surface area contributed by atoms with Crippen LogP contribution in [0.5, 0.6) is 0 Å². The van der Waals surface area contributed by atoms with E-state index in [-0.39, 0.29) is 23.3 Å². The van der Waals surface area contributed by atoms with Gasteiger partial charge in [-0.3, -0.25) is 19.4 Å². The molecule has 3 aliphatic rings. The van der Waals surface area contributed by atoms with E-state index in [4.69, 9.17) is 0 Å². The molecule has 3 aliphatic heterocycles. The number of hydrogen-bond donors (Lipinski definition) is 0. The van der Waals surface area contributed by atoms with Crippen molar-refractivity contribution >= 4 is 11.8 Å². The summed E-state index contributed by atoms with van der Waals surface area (Å²) in [6.07, 6.45) is 4.73. The Bertz CT molecular complexity index is 1070. The van der Waals surface area contributed by atoms with Gasteiger partial charge in [-0.05, 0) is 43.4 Å². The van der Waals surface area contributed by atoms with Gasteiger partial charge in [0, 0.05) is 74.6 Å². The SMILES string of the molecule is CC(=O)N1C[C@@H]2C[C@H](C1)c1cc(-c3cc(C(=O)N4CCCC4)ccn3)cc(=O)n1C2. The quantitative estimate of drug-likeness (QED) is 0.766. The summed E-state index contributed by atoms with van der Waals surface area (Å²) in [4.78, 5) is 45.8. The second kappa shape index (κ2) is 7.38. The zero-order chi connectivity index (χ0) is 20.8. The molecule has 5 heterocycles. The van der Waals surface area contributed by atoms with Gasteiger partial charge in [-0.25, -0.2) is 0 Å². The van der Waals surface area contributed by atoms with Crippen LogP contribution in [-0.4, -0.2) is 57.3 Å². The average Bonchev–Trinajstić information content (AvgIpc) is 3.28. The molecule has 0 radical (unpaired) electrons. The lowest BCUT2D eigenvalue weighted by Crippen LogP contribution is -2.48. The summed E-state index contributed by atoms with van der Waals surface area (Å²) in [7, 11) is 0. The van der Waals surface area contributed by atoms with Gasteiger partial charge in [0.15, 0.2) is 0 Å². The predicted octanol–water partition coefficient (Wildman–Crippen LogP) is 2.11. The van der Waals surface area contributed by atoms with Crippen molar-refractivity contribution < 1.29 is 9.59 Å². The van der Waals surface area contributed by atoms with E-state index in [0.717, 1.165) is 50.2 Å². The summed E-state index contributed by atoms with van der Waals surface area (Å²) in [5.74, 6) is 0.594. The van der Waals surface area contributed by atoms with Crippen LogP contribution in [0.1, 0.15) is 48.2 Å². The van der Waals surface area contributed by atoms with Gasteiger partial charge in [0.05, 0.1) is 5.69 Å². The molecule has 30 heavy (non-hydrogen) atoms. The van der Waals surface area contributed by atoms with Gasteiger partial charge in [0.25, 0.3) is 11.5 Å². The molecule has 0 N–H and O–H groups in total. The van der Waals surface area contributed by atoms with Crippen LogP contribution in [-0.2, 0) is 11.3 Å². The zero-order valence-electron chi connectivity index (χ0n) is 17.2. The normalized spacial score (nSPS) is 22.7. The van der Waals surface area contributed by atoms with E-state index >= 15 is 0 Å². The second-order valence-electron chi connectivity index (χ2n) is 8.77. The highest BCUT2D eigenvalue weighted by atomic mass is 16.2. The largest absolute Gasteiger partial charge is 0.342 e. The van der Waals surface area contributed by atoms with Crippen LogP contribution in [0.15, 0.2) is 35.3 Å². The molecular weight excluding hydrogens is 380 g/mol. The summed E-state index contributed by atoms with van der Waals surface area (Å²) < 4.78 is 1.86. The minimum Gasteiger partial charge on any atom is -0.342 e. The van der Waals surface area contributed by atoms with Crippen LogP contribution in [0.2, 0.25) is 0 Å². The van der Waals surface area contributed by atoms with E-state index in [2.05, 4.69) is 4.98 Å². The molecule has 0 spiro atoms. The first-order valence-electron chi connectivity index (χ1n) is 10.8. The van der Waals surface area contributed by atoms with Crippen molar-refractivity contribution in [3.63, 3.8) is 0 Å². The van der Waals surface area contributed by atoms with Crippen molar-refractivity contribution in [2.45, 2.75) is 38.6 Å². The molecule has 0 aliphatic carbocycles. The minimum absolute atomic E-state index is 0.0260. The molecule has 7 heteroatoms. The third-order valence-corrected chi connectivity index (χ3v) is 6.70. The Hall–Kier alpha value is -2.96. The number of likely N-dealkylation sites (tertiary alicyclic amines) is 2. The maximum atomic E-state index is 12.9. The fourth-order valence-corrected chi connectivity index (χ4v) is 5.19. The Balaban J connectivity index is 1.50. The summed E-state index contributed by atoms with van der Waals surface area (Å²) in [6, 6.07) is 7.19. The van der Waals surface area contributed by atoms with Gasteiger partial charge in [0.1, 0.15) is 0 Å². The van der Waals surface area contributed by atoms with Gasteiger partial charge in [-0.2, -0.15) is 0 Å². The van der Waals surface area contributed by atoms with Crippen molar-refractivity contribution in [1.82, 2.24) is 19.4 Å². The standard InChI is InChI=1S/C23H26N4O3/c1-15(28)26-12-16-8-19(14-26)21-10-18(11-22(29)27(21)13-16)20-9-17(4-5-24-20)23(30)25-6-2-3-7-25/h4-5,9-11,16,19H,2-3,6-8,12-14H2,1H3/t16-,19+/m0/s1. The highest BCUT2D eigenvalue weighted by Gasteiger charge is 2.35. The molecule has 0 aromatic carbocycles. The lowest BCUT2D eigenvalue weighted by molar-refractivity contribution is -0.131. The van der Waals surface area contributed by atoms with E-state index in [0.29, 0.717) is 30.3 Å². The highest BCUT2D eigenvalue weighted by molar-refractivity contribution is 5.95. The Morgan fingerprint density at radius 1 is 1.03 bits per heavy atom. The Labute approximate surface area is 175 Å². The molecule has 2 fully saturated rings. The number of carbonyl (C=O) groups is 2. The van der Waals surface area contributed by atoms with E-state index in [1.165, 1.54) is 0 Å². The topological polar surface area (TPSA) is 75.5 Å². The van der Waals surface area contributed by atoms with Crippen molar-refractivity contribution in [2.24, 2.45) is 5.92 Å². The molecule has 2 bridgehead atoms. The Kier molecular flexibility index (Phi) is 4.68. The van der Waals surface area contributed by atoms with Crippen molar-refractivity contribution in [3.8, 4) is 11.3 Å². The molecule has 2 saturated heterocycles. The van der Waals surface area contributed by atoms with Crippen LogP contribution >= 0.6 is 0 Å². The molecule has 2 atom stereocenters. The van der Waals surface area contributed by atoms with Gasteiger partial charge < -0.3 is 14.4 Å². The third kappa shape index (κ3) is 3.32. The number of pyridine rings is 2. The molecule has 2 aromatic rings. The number of amides is 2. The summed E-state index contributed by atoms with van der Waals surface area (Å²) >= 11 is 0. The summed E-state index contributed by atoms with van der Waals surface area (Å²) in [5.41, 5.74) is 2.92. The smallest absolute Gasteiger partial charge is 0.253 e. The number of rotatable bonds is 2. The van der Waals surface area contributed by atoms with Gasteiger partial charge >= 0.3 is 0 Å². The Morgan fingerprint density at radius 2 is 1.83 bits per heavy atom. The van der Waals surface area contributed by atoms with Crippen LogP contribution in [0.4, 0.5) is 0 Å². The maximum absolute atomic E-state index is 12.9. The number of fused-ring (bicyclic) bond motifs is 4. The minimum atomic E-state index is -0.0356. The lowest BCUT2D eigenvalue weighted by Gasteiger charge is -2.42. The molecule has 2 aromatic heterocycles. The van der Waals surface area contributed by atoms with Gasteiger partial charge in [-0.15, -0.1) is 0 Å². The van der Waals surface area contributed by atoms with Crippen molar-refractivity contribution in [3.05, 3.63) is 52.1 Å². The monoisotopic (exact) mass is 406 g/mol. The summed E-state index contributed by atoms with van der Waals surface area (Å²) in [6.45, 7) is 5.22. The first-order valence-corrected chi connectivity index (χ1v) is 10.8. The third-order valence-electron chi connectivity index (χ3n) is 6.70. The molecule has 156 valence electrons. The number of carbonyl (C=O) groups excluding carboxylic acids is 2. The number of nitrogens with zero attached hydrogens (tertiary/aromatic N) is 4. The van der Waals surface area contributed by atoms with Gasteiger partial charge in [0.2, 0.25) is 5.91 Å². The van der Waals surface area contributed by atoms with E-state index in [9.17, 15) is 14.4 Å². The first kappa shape index (κ1) is 19.0. The number of piperidine rings is 1. The number of aromatic nitrogens is 2. The zero-order valence-corrected chi connectivity index (χ0v) is 17.2. The summed E-state index contributed by atoms with van der Waals surface area (Å²) in [5, 5.41) is 0. The lowest BCUT2D eigenvalue weighted by atomic mass is 9.82. The molecule has 0 saturated carbocycles. The maximum Gasteiger partial charge on any atom is 0.253 e. The first-order chi connectivity index (χ1) is 14.5. The second-order valence-corrected chi connectivity index (χ2v) is 8.77. The fourth-order valence-electron chi connectivity index (χ4n) is 5.19.